The molecule has 0 radical (unpaired) electrons. The van der Waals surface area contributed by atoms with Crippen LogP contribution in [0.15, 0.2) is 53.4 Å². The van der Waals surface area contributed by atoms with E-state index in [9.17, 15) is 13.2 Å². The van der Waals surface area contributed by atoms with Gasteiger partial charge in [-0.15, -0.1) is 0 Å². The number of nitrogens with one attached hydrogen (secondary N) is 1. The molecule has 134 valence electrons. The highest BCUT2D eigenvalue weighted by Crippen LogP contribution is 2.26. The fourth-order valence-electron chi connectivity index (χ4n) is 2.38. The standard InChI is InChI=1S/C19H24N2O3S/c1-5-15(3)20-19(22)16-12-11-14(2)18(13-16)21(4)25(23,24)17-9-7-6-8-10-17/h6-13,15H,5H2,1-4H3,(H,20,22). The number of rotatable bonds is 6. The van der Waals surface area contributed by atoms with Gasteiger partial charge in [0.05, 0.1) is 10.6 Å². The molecule has 0 heterocycles. The van der Waals surface area contributed by atoms with E-state index in [4.69, 9.17) is 0 Å². The van der Waals surface area contributed by atoms with Crippen LogP contribution < -0.4 is 9.62 Å². The molecule has 1 N–H and O–H groups in total. The largest absolute Gasteiger partial charge is 0.350 e. The summed E-state index contributed by atoms with van der Waals surface area (Å²) < 4.78 is 26.9. The number of nitrogens with zero attached hydrogens (tertiary/aromatic N) is 1. The summed E-state index contributed by atoms with van der Waals surface area (Å²) in [5, 5.41) is 2.89. The number of anilines is 1. The minimum atomic E-state index is -3.68. The first kappa shape index (κ1) is 19.0. The normalized spacial score (nSPS) is 12.5. The maximum Gasteiger partial charge on any atom is 0.264 e. The third-order valence-electron chi connectivity index (χ3n) is 4.20. The van der Waals surface area contributed by atoms with Crippen molar-refractivity contribution in [2.75, 3.05) is 11.4 Å². The fraction of sp³-hybridized carbons (Fsp3) is 0.316. The number of carbonyl (C=O) groups excluding carboxylic acids is 1. The van der Waals surface area contributed by atoms with E-state index in [2.05, 4.69) is 5.32 Å². The molecule has 0 saturated carbocycles. The molecule has 0 fully saturated rings. The third kappa shape index (κ3) is 4.20. The van der Waals surface area contributed by atoms with Crippen molar-refractivity contribution >= 4 is 21.6 Å². The summed E-state index contributed by atoms with van der Waals surface area (Å²) in [6, 6.07) is 13.4. The lowest BCUT2D eigenvalue weighted by Gasteiger charge is -2.22. The van der Waals surface area contributed by atoms with Gasteiger partial charge in [0.1, 0.15) is 0 Å². The van der Waals surface area contributed by atoms with Gasteiger partial charge in [0.25, 0.3) is 15.9 Å². The Morgan fingerprint density at radius 2 is 1.80 bits per heavy atom. The molecule has 2 rings (SSSR count). The summed E-state index contributed by atoms with van der Waals surface area (Å²) in [7, 11) is -2.18. The zero-order valence-electron chi connectivity index (χ0n) is 15.0. The molecule has 1 amide bonds. The number of hydrogen-bond donors (Lipinski definition) is 1. The third-order valence-corrected chi connectivity index (χ3v) is 5.99. The lowest BCUT2D eigenvalue weighted by molar-refractivity contribution is 0.0939. The van der Waals surface area contributed by atoms with Gasteiger partial charge >= 0.3 is 0 Å². The van der Waals surface area contributed by atoms with Crippen LogP contribution in [0.4, 0.5) is 5.69 Å². The van der Waals surface area contributed by atoms with Crippen LogP contribution in [0.5, 0.6) is 0 Å². The molecule has 1 unspecified atom stereocenters. The molecule has 0 aromatic heterocycles. The number of hydrogen-bond acceptors (Lipinski definition) is 3. The van der Waals surface area contributed by atoms with E-state index < -0.39 is 10.0 Å². The van der Waals surface area contributed by atoms with Crippen molar-refractivity contribution in [3.8, 4) is 0 Å². The Balaban J connectivity index is 2.38. The van der Waals surface area contributed by atoms with E-state index in [1.807, 2.05) is 20.8 Å². The second-order valence-electron chi connectivity index (χ2n) is 6.07. The monoisotopic (exact) mass is 360 g/mol. The maximum absolute atomic E-state index is 12.8. The van der Waals surface area contributed by atoms with E-state index in [1.165, 1.54) is 11.4 Å². The van der Waals surface area contributed by atoms with Gasteiger partial charge in [0.15, 0.2) is 0 Å². The van der Waals surface area contributed by atoms with Crippen LogP contribution in [0.3, 0.4) is 0 Å². The second kappa shape index (κ2) is 7.70. The van der Waals surface area contributed by atoms with Gasteiger partial charge in [-0.1, -0.05) is 31.2 Å². The fourth-order valence-corrected chi connectivity index (χ4v) is 3.65. The Kier molecular flexibility index (Phi) is 5.85. The molecule has 0 aliphatic rings. The lowest BCUT2D eigenvalue weighted by atomic mass is 10.1. The first-order valence-electron chi connectivity index (χ1n) is 8.23. The highest BCUT2D eigenvalue weighted by atomic mass is 32.2. The number of benzene rings is 2. The van der Waals surface area contributed by atoms with Crippen molar-refractivity contribution in [1.29, 1.82) is 0 Å². The van der Waals surface area contributed by atoms with E-state index >= 15 is 0 Å². The summed E-state index contributed by atoms with van der Waals surface area (Å²) in [5.41, 5.74) is 1.71. The molecule has 2 aromatic rings. The van der Waals surface area contributed by atoms with Gasteiger partial charge in [-0.25, -0.2) is 8.42 Å². The molecule has 5 nitrogen and oxygen atoms in total. The quantitative estimate of drug-likeness (QED) is 0.859. The predicted molar refractivity (Wildman–Crippen MR) is 100 cm³/mol. The van der Waals surface area contributed by atoms with Crippen molar-refractivity contribution in [2.24, 2.45) is 0 Å². The average molecular weight is 360 g/mol. The molecule has 0 aliphatic heterocycles. The van der Waals surface area contributed by atoms with Gasteiger partial charge in [-0.3, -0.25) is 9.10 Å². The van der Waals surface area contributed by atoms with Crippen molar-refractivity contribution < 1.29 is 13.2 Å². The van der Waals surface area contributed by atoms with Gasteiger partial charge in [0, 0.05) is 18.7 Å². The molecule has 1 atom stereocenters. The zero-order chi connectivity index (χ0) is 18.6. The van der Waals surface area contributed by atoms with E-state index in [0.29, 0.717) is 11.3 Å². The molecular weight excluding hydrogens is 336 g/mol. The summed E-state index contributed by atoms with van der Waals surface area (Å²) in [5.74, 6) is -0.207. The smallest absolute Gasteiger partial charge is 0.264 e. The van der Waals surface area contributed by atoms with Crippen LogP contribution in [0.25, 0.3) is 0 Å². The van der Waals surface area contributed by atoms with Crippen molar-refractivity contribution in [2.45, 2.75) is 38.1 Å². The van der Waals surface area contributed by atoms with Crippen LogP contribution in [-0.2, 0) is 10.0 Å². The van der Waals surface area contributed by atoms with Crippen LogP contribution in [-0.4, -0.2) is 27.4 Å². The van der Waals surface area contributed by atoms with Gasteiger partial charge in [-0.05, 0) is 50.1 Å². The predicted octanol–water partition coefficient (Wildman–Crippen LogP) is 3.35. The highest BCUT2D eigenvalue weighted by molar-refractivity contribution is 7.92. The topological polar surface area (TPSA) is 66.5 Å². The van der Waals surface area contributed by atoms with Crippen molar-refractivity contribution in [3.63, 3.8) is 0 Å². The summed E-state index contributed by atoms with van der Waals surface area (Å²) >= 11 is 0. The average Bonchev–Trinajstić information content (AvgIpc) is 2.62. The Labute approximate surface area is 149 Å². The van der Waals surface area contributed by atoms with Crippen molar-refractivity contribution in [1.82, 2.24) is 5.32 Å². The summed E-state index contributed by atoms with van der Waals surface area (Å²) in [6.07, 6.45) is 0.826. The number of sulfonamides is 1. The van der Waals surface area contributed by atoms with Gasteiger partial charge < -0.3 is 5.32 Å². The van der Waals surface area contributed by atoms with Gasteiger partial charge in [0.2, 0.25) is 0 Å². The number of amides is 1. The lowest BCUT2D eigenvalue weighted by Crippen LogP contribution is -2.32. The van der Waals surface area contributed by atoms with Crippen LogP contribution in [0.1, 0.15) is 36.2 Å². The zero-order valence-corrected chi connectivity index (χ0v) is 15.8. The van der Waals surface area contributed by atoms with Crippen LogP contribution in [0, 0.1) is 6.92 Å². The Hall–Kier alpha value is -2.34. The van der Waals surface area contributed by atoms with Gasteiger partial charge in [-0.2, -0.15) is 0 Å². The molecule has 25 heavy (non-hydrogen) atoms. The second-order valence-corrected chi connectivity index (χ2v) is 8.04. The molecule has 2 aromatic carbocycles. The van der Waals surface area contributed by atoms with Crippen LogP contribution >= 0.6 is 0 Å². The van der Waals surface area contributed by atoms with E-state index in [0.717, 1.165) is 12.0 Å². The molecule has 0 spiro atoms. The first-order valence-corrected chi connectivity index (χ1v) is 9.67. The van der Waals surface area contributed by atoms with E-state index in [-0.39, 0.29) is 16.8 Å². The Bertz CT molecular complexity index is 848. The summed E-state index contributed by atoms with van der Waals surface area (Å²) in [4.78, 5) is 12.6. The minimum absolute atomic E-state index is 0.0584. The minimum Gasteiger partial charge on any atom is -0.350 e. The molecule has 6 heteroatoms. The maximum atomic E-state index is 12.8. The first-order chi connectivity index (χ1) is 11.8. The Morgan fingerprint density at radius 3 is 2.40 bits per heavy atom. The van der Waals surface area contributed by atoms with E-state index in [1.54, 1.807) is 48.5 Å². The van der Waals surface area contributed by atoms with Crippen LogP contribution in [0.2, 0.25) is 0 Å². The number of aryl methyl sites for hydroxylation is 1. The molecule has 0 bridgehead atoms. The molecule has 0 saturated heterocycles. The summed E-state index contributed by atoms with van der Waals surface area (Å²) in [6.45, 7) is 5.74. The molecular formula is C19H24N2O3S. The van der Waals surface area contributed by atoms with Crippen molar-refractivity contribution in [3.05, 3.63) is 59.7 Å². The Morgan fingerprint density at radius 1 is 1.16 bits per heavy atom. The number of carbonyl (C=O) groups is 1. The highest BCUT2D eigenvalue weighted by Gasteiger charge is 2.23. The molecule has 0 aliphatic carbocycles. The SMILES string of the molecule is CCC(C)NC(=O)c1ccc(C)c(N(C)S(=O)(=O)c2ccccc2)c1.